The third-order valence-corrected chi connectivity index (χ3v) is 10.7. The number of nitrogens with zero attached hydrogens (tertiary/aromatic N) is 3. The smallest absolute Gasteiger partial charge is 0.391 e. The predicted molar refractivity (Wildman–Crippen MR) is 204 cm³/mol. The van der Waals surface area contributed by atoms with Gasteiger partial charge < -0.3 is 19.7 Å². The van der Waals surface area contributed by atoms with E-state index < -0.39 is 47.7 Å². The van der Waals surface area contributed by atoms with Crippen molar-refractivity contribution in [3.8, 4) is 11.5 Å². The number of nitrogens with one attached hydrogen (secondary N) is 2. The number of alkyl halides is 3. The number of allylic oxidation sites excluding steroid dienone is 1. The molecule has 3 aliphatic rings. The molecule has 3 aromatic rings. The van der Waals surface area contributed by atoms with E-state index in [1.807, 2.05) is 24.3 Å². The van der Waals surface area contributed by atoms with E-state index in [1.54, 1.807) is 36.2 Å². The van der Waals surface area contributed by atoms with Gasteiger partial charge in [-0.2, -0.15) is 13.2 Å². The number of benzene rings is 2. The number of imide groups is 2. The SMILES string of the molecule is COc1cnc(C(=O)NCc2cccc(CC(=O)N(C)CCCOc3ccc4c(c3)C(=O)N(C3CCC(=O)NC3=O)C4=O)c2)cc1/C=C/[C@H]1CC[C@H](C(F)(F)F)CC1. The number of hydrogen-bond donors (Lipinski definition) is 2. The van der Waals surface area contributed by atoms with Crippen LogP contribution < -0.4 is 20.1 Å². The maximum Gasteiger partial charge on any atom is 0.391 e. The number of carbonyl (C=O) groups is 6. The van der Waals surface area contributed by atoms with Gasteiger partial charge in [-0.05, 0) is 79.8 Å². The summed E-state index contributed by atoms with van der Waals surface area (Å²) in [5.41, 5.74) is 2.53. The summed E-state index contributed by atoms with van der Waals surface area (Å²) in [7, 11) is 3.15. The highest BCUT2D eigenvalue weighted by atomic mass is 19.4. The first-order valence-corrected chi connectivity index (χ1v) is 19.1. The van der Waals surface area contributed by atoms with Crippen molar-refractivity contribution in [1.29, 1.82) is 0 Å². The largest absolute Gasteiger partial charge is 0.495 e. The van der Waals surface area contributed by atoms with Crippen LogP contribution in [0, 0.1) is 11.8 Å². The number of piperidine rings is 1. The summed E-state index contributed by atoms with van der Waals surface area (Å²) in [6.45, 7) is 0.774. The lowest BCUT2D eigenvalue weighted by Gasteiger charge is -2.28. The average Bonchev–Trinajstić information content (AvgIpc) is 3.45. The number of likely N-dealkylation sites (N-methyl/N-ethyl adjacent to an activating group) is 1. The number of amides is 6. The quantitative estimate of drug-likeness (QED) is 0.163. The third-order valence-electron chi connectivity index (χ3n) is 10.7. The second-order valence-electron chi connectivity index (χ2n) is 14.7. The first kappa shape index (κ1) is 41.6. The van der Waals surface area contributed by atoms with Gasteiger partial charge in [-0.1, -0.05) is 36.4 Å². The fourth-order valence-corrected chi connectivity index (χ4v) is 7.35. The molecule has 1 atom stereocenters. The molecule has 306 valence electrons. The van der Waals surface area contributed by atoms with E-state index in [9.17, 15) is 41.9 Å². The zero-order chi connectivity index (χ0) is 41.6. The molecule has 58 heavy (non-hydrogen) atoms. The van der Waals surface area contributed by atoms with Gasteiger partial charge >= 0.3 is 6.18 Å². The van der Waals surface area contributed by atoms with E-state index in [0.717, 1.165) is 16.0 Å². The maximum absolute atomic E-state index is 13.1. The molecule has 16 heteroatoms. The van der Waals surface area contributed by atoms with Crippen molar-refractivity contribution < 1.29 is 51.4 Å². The lowest BCUT2D eigenvalue weighted by molar-refractivity contribution is -0.183. The van der Waals surface area contributed by atoms with Crippen LogP contribution in [-0.2, 0) is 27.3 Å². The molecule has 2 aromatic carbocycles. The van der Waals surface area contributed by atoms with Crippen molar-refractivity contribution >= 4 is 41.5 Å². The first-order chi connectivity index (χ1) is 27.7. The van der Waals surface area contributed by atoms with Crippen LogP contribution in [0.3, 0.4) is 0 Å². The summed E-state index contributed by atoms with van der Waals surface area (Å²) in [6, 6.07) is 12.3. The maximum atomic E-state index is 13.1. The highest BCUT2D eigenvalue weighted by Crippen LogP contribution is 2.40. The molecular formula is C42H44F3N5O8. The third kappa shape index (κ3) is 9.90. The molecule has 2 aliphatic heterocycles. The van der Waals surface area contributed by atoms with Gasteiger partial charge in [-0.15, -0.1) is 0 Å². The normalized spacial score (nSPS) is 19.5. The van der Waals surface area contributed by atoms with Gasteiger partial charge in [0.15, 0.2) is 0 Å². The van der Waals surface area contributed by atoms with Gasteiger partial charge in [-0.25, -0.2) is 4.98 Å². The number of aromatic nitrogens is 1. The number of ether oxygens (including phenoxy) is 2. The minimum absolute atomic E-state index is 0.00380. The van der Waals surface area contributed by atoms with Gasteiger partial charge in [0.1, 0.15) is 23.2 Å². The molecule has 3 heterocycles. The Morgan fingerprint density at radius 2 is 1.72 bits per heavy atom. The molecule has 13 nitrogen and oxygen atoms in total. The highest BCUT2D eigenvalue weighted by Gasteiger charge is 2.45. The van der Waals surface area contributed by atoms with E-state index in [0.29, 0.717) is 42.9 Å². The van der Waals surface area contributed by atoms with Crippen LogP contribution in [0.2, 0.25) is 0 Å². The Hall–Kier alpha value is -6.06. The van der Waals surface area contributed by atoms with Crippen molar-refractivity contribution in [1.82, 2.24) is 25.4 Å². The second kappa shape index (κ2) is 18.0. The summed E-state index contributed by atoms with van der Waals surface area (Å²) < 4.78 is 50.4. The van der Waals surface area contributed by atoms with Crippen molar-refractivity contribution in [2.45, 2.75) is 70.1 Å². The standard InChI is InChI=1S/C42H44F3N5O8/c1-49(17-4-18-58-30-13-14-31-32(22-30)41(56)50(40(31)55)34-15-16-36(51)48-39(34)54)37(52)20-26-5-3-6-27(19-26)23-47-38(53)33-21-28(35(57-2)24-46-33)10-7-25-8-11-29(12-9-25)42(43,44)45/h3,5-7,10,13-14,19,21-22,24-25,29,34H,4,8-9,11-12,15-18,20,23H2,1-2H3,(H,47,53)(H,48,51,54)/b10-7+/t25-,29-,34?. The van der Waals surface area contributed by atoms with Gasteiger partial charge in [0.05, 0.1) is 43.4 Å². The monoisotopic (exact) mass is 803 g/mol. The molecule has 0 bridgehead atoms. The fraction of sp³-hybridized carbons (Fsp3) is 0.405. The Labute approximate surface area is 332 Å². The van der Waals surface area contributed by atoms with Crippen molar-refractivity contribution in [2.24, 2.45) is 11.8 Å². The lowest BCUT2D eigenvalue weighted by Crippen LogP contribution is -2.54. The number of rotatable bonds is 14. The number of pyridine rings is 1. The van der Waals surface area contributed by atoms with E-state index in [2.05, 4.69) is 15.6 Å². The first-order valence-electron chi connectivity index (χ1n) is 19.1. The molecule has 0 spiro atoms. The Morgan fingerprint density at radius 3 is 2.45 bits per heavy atom. The number of halogens is 3. The van der Waals surface area contributed by atoms with Crippen LogP contribution in [-0.4, -0.2) is 89.8 Å². The molecule has 1 saturated carbocycles. The second-order valence-corrected chi connectivity index (χ2v) is 14.7. The zero-order valence-electron chi connectivity index (χ0n) is 32.1. The van der Waals surface area contributed by atoms with Crippen LogP contribution in [0.15, 0.2) is 60.8 Å². The van der Waals surface area contributed by atoms with E-state index in [-0.39, 0.29) is 73.9 Å². The van der Waals surface area contributed by atoms with Gasteiger partial charge in [0, 0.05) is 32.1 Å². The number of hydrogen-bond acceptors (Lipinski definition) is 9. The lowest BCUT2D eigenvalue weighted by atomic mass is 9.81. The minimum atomic E-state index is -4.17. The van der Waals surface area contributed by atoms with Crippen LogP contribution in [0.1, 0.15) is 92.8 Å². The van der Waals surface area contributed by atoms with Crippen LogP contribution in [0.4, 0.5) is 13.2 Å². The number of fused-ring (bicyclic) bond motifs is 1. The Kier molecular flexibility index (Phi) is 12.9. The molecule has 6 amide bonds. The molecule has 0 radical (unpaired) electrons. The highest BCUT2D eigenvalue weighted by molar-refractivity contribution is 6.23. The topological polar surface area (TPSA) is 164 Å². The van der Waals surface area contributed by atoms with Gasteiger partial charge in [-0.3, -0.25) is 39.0 Å². The molecule has 1 aliphatic carbocycles. The summed E-state index contributed by atoms with van der Waals surface area (Å²) in [5, 5.41) is 5.02. The summed E-state index contributed by atoms with van der Waals surface area (Å²) in [6.07, 6.45) is 2.64. The molecule has 1 saturated heterocycles. The number of carbonyl (C=O) groups excluding carboxylic acids is 6. The average molecular weight is 804 g/mol. The number of methoxy groups -OCH3 is 1. The van der Waals surface area contributed by atoms with Gasteiger partial charge in [0.25, 0.3) is 17.7 Å². The van der Waals surface area contributed by atoms with Crippen molar-refractivity contribution in [3.05, 3.63) is 94.3 Å². The molecule has 2 N–H and O–H groups in total. The summed E-state index contributed by atoms with van der Waals surface area (Å²) in [5.74, 6) is -3.40. The molecule has 1 aromatic heterocycles. The molecule has 2 fully saturated rings. The molecular weight excluding hydrogens is 759 g/mol. The van der Waals surface area contributed by atoms with E-state index in [4.69, 9.17) is 9.47 Å². The molecule has 1 unspecified atom stereocenters. The Morgan fingerprint density at radius 1 is 0.983 bits per heavy atom. The zero-order valence-corrected chi connectivity index (χ0v) is 32.1. The van der Waals surface area contributed by atoms with Crippen molar-refractivity contribution in [3.63, 3.8) is 0 Å². The van der Waals surface area contributed by atoms with E-state index >= 15 is 0 Å². The predicted octanol–water partition coefficient (Wildman–Crippen LogP) is 5.27. The van der Waals surface area contributed by atoms with Crippen LogP contribution in [0.5, 0.6) is 11.5 Å². The Bertz CT molecular complexity index is 2110. The summed E-state index contributed by atoms with van der Waals surface area (Å²) in [4.78, 5) is 82.7. The minimum Gasteiger partial charge on any atom is -0.495 e. The van der Waals surface area contributed by atoms with Crippen LogP contribution >= 0.6 is 0 Å². The van der Waals surface area contributed by atoms with Crippen LogP contribution in [0.25, 0.3) is 6.08 Å². The van der Waals surface area contributed by atoms with Crippen molar-refractivity contribution in [2.75, 3.05) is 27.3 Å². The summed E-state index contributed by atoms with van der Waals surface area (Å²) >= 11 is 0. The van der Waals surface area contributed by atoms with Gasteiger partial charge in [0.2, 0.25) is 17.7 Å². The Balaban J connectivity index is 0.948. The van der Waals surface area contributed by atoms with E-state index in [1.165, 1.54) is 25.4 Å². The molecule has 6 rings (SSSR count). The fourth-order valence-electron chi connectivity index (χ4n) is 7.35.